The maximum Gasteiger partial charge on any atom is 0.145 e. The van der Waals surface area contributed by atoms with Gasteiger partial charge in [0, 0.05) is 10.9 Å². The number of benzene rings is 2. The highest BCUT2D eigenvalue weighted by atomic mass is 35.5. The fourth-order valence-electron chi connectivity index (χ4n) is 2.21. The lowest BCUT2D eigenvalue weighted by Crippen LogP contribution is -1.95. The summed E-state index contributed by atoms with van der Waals surface area (Å²) in [6.45, 7) is 2.56. The van der Waals surface area contributed by atoms with Crippen LogP contribution in [0.15, 0.2) is 54.6 Å². The molecule has 100 valence electrons. The number of halogens is 1. The lowest BCUT2D eigenvalue weighted by molar-refractivity contribution is 0.343. The van der Waals surface area contributed by atoms with Crippen molar-refractivity contribution in [2.75, 3.05) is 6.61 Å². The van der Waals surface area contributed by atoms with E-state index in [1.165, 1.54) is 0 Å². The lowest BCUT2D eigenvalue weighted by Gasteiger charge is -2.10. The van der Waals surface area contributed by atoms with E-state index in [1.54, 1.807) is 0 Å². The minimum atomic E-state index is 0.605. The number of ether oxygens (including phenoxy) is 1. The number of fused-ring (bicyclic) bond motifs is 1. The summed E-state index contributed by atoms with van der Waals surface area (Å²) in [6.07, 6.45) is 0. The first-order valence-corrected chi connectivity index (χ1v) is 6.95. The van der Waals surface area contributed by atoms with Gasteiger partial charge in [-0.2, -0.15) is 0 Å². The van der Waals surface area contributed by atoms with Gasteiger partial charge in [-0.05, 0) is 19.1 Å². The van der Waals surface area contributed by atoms with Crippen molar-refractivity contribution in [1.29, 1.82) is 0 Å². The van der Waals surface area contributed by atoms with Gasteiger partial charge in [-0.1, -0.05) is 54.1 Å². The first-order chi connectivity index (χ1) is 9.79. The zero-order valence-corrected chi connectivity index (χ0v) is 11.9. The molecule has 20 heavy (non-hydrogen) atoms. The summed E-state index contributed by atoms with van der Waals surface area (Å²) < 4.78 is 5.64. The van der Waals surface area contributed by atoms with Crippen LogP contribution >= 0.6 is 11.6 Å². The van der Waals surface area contributed by atoms with Crippen LogP contribution in [0.2, 0.25) is 5.02 Å². The molecule has 3 heteroatoms. The molecular weight excluding hydrogens is 270 g/mol. The molecule has 0 unspecified atom stereocenters. The molecule has 0 aliphatic carbocycles. The van der Waals surface area contributed by atoms with Gasteiger partial charge in [0.2, 0.25) is 0 Å². The van der Waals surface area contributed by atoms with E-state index < -0.39 is 0 Å². The van der Waals surface area contributed by atoms with Gasteiger partial charge in [0.1, 0.15) is 11.3 Å². The van der Waals surface area contributed by atoms with Crippen molar-refractivity contribution in [3.63, 3.8) is 0 Å². The molecule has 2 aromatic carbocycles. The second-order valence-electron chi connectivity index (χ2n) is 4.44. The normalized spacial score (nSPS) is 10.7. The van der Waals surface area contributed by atoms with Crippen molar-refractivity contribution in [2.24, 2.45) is 0 Å². The van der Waals surface area contributed by atoms with E-state index >= 15 is 0 Å². The molecule has 0 N–H and O–H groups in total. The van der Waals surface area contributed by atoms with Crippen molar-refractivity contribution >= 4 is 22.5 Å². The smallest absolute Gasteiger partial charge is 0.145 e. The molecule has 3 aromatic rings. The van der Waals surface area contributed by atoms with Crippen LogP contribution in [0.1, 0.15) is 6.92 Å². The summed E-state index contributed by atoms with van der Waals surface area (Å²) in [5, 5.41) is 1.60. The Morgan fingerprint density at radius 3 is 2.60 bits per heavy atom. The number of hydrogen-bond acceptors (Lipinski definition) is 2. The Bertz CT molecular complexity index is 741. The zero-order valence-electron chi connectivity index (χ0n) is 11.1. The Kier molecular flexibility index (Phi) is 3.57. The van der Waals surface area contributed by atoms with Gasteiger partial charge in [0.25, 0.3) is 0 Å². The van der Waals surface area contributed by atoms with Crippen LogP contribution in [0.25, 0.3) is 22.2 Å². The van der Waals surface area contributed by atoms with Gasteiger partial charge in [-0.15, -0.1) is 0 Å². The minimum absolute atomic E-state index is 0.605. The molecule has 0 saturated heterocycles. The second kappa shape index (κ2) is 5.51. The van der Waals surface area contributed by atoms with Gasteiger partial charge in [-0.3, -0.25) is 0 Å². The fourth-order valence-corrected chi connectivity index (χ4v) is 2.47. The van der Waals surface area contributed by atoms with E-state index in [4.69, 9.17) is 21.3 Å². The molecule has 0 fully saturated rings. The number of nitrogens with zero attached hydrogens (tertiary/aromatic N) is 1. The minimum Gasteiger partial charge on any atom is -0.492 e. The number of rotatable bonds is 3. The Balaban J connectivity index is 2.24. The van der Waals surface area contributed by atoms with Crippen LogP contribution in [-0.2, 0) is 0 Å². The number of para-hydroxylation sites is 1. The Hall–Kier alpha value is -2.06. The molecule has 0 bridgehead atoms. The summed E-state index contributed by atoms with van der Waals surface area (Å²) in [7, 11) is 0. The van der Waals surface area contributed by atoms with Gasteiger partial charge in [0.15, 0.2) is 0 Å². The monoisotopic (exact) mass is 283 g/mol. The molecule has 3 rings (SSSR count). The molecule has 0 radical (unpaired) electrons. The zero-order chi connectivity index (χ0) is 13.9. The maximum absolute atomic E-state index is 6.39. The Morgan fingerprint density at radius 2 is 1.85 bits per heavy atom. The van der Waals surface area contributed by atoms with E-state index in [1.807, 2.05) is 61.5 Å². The van der Waals surface area contributed by atoms with Crippen LogP contribution in [0.5, 0.6) is 5.75 Å². The molecule has 0 atom stereocenters. The maximum atomic E-state index is 6.39. The van der Waals surface area contributed by atoms with Crippen molar-refractivity contribution in [2.45, 2.75) is 6.92 Å². The van der Waals surface area contributed by atoms with Gasteiger partial charge < -0.3 is 4.74 Å². The molecular formula is C17H14ClNO. The first kappa shape index (κ1) is 12.9. The second-order valence-corrected chi connectivity index (χ2v) is 4.85. The summed E-state index contributed by atoms with van der Waals surface area (Å²) in [5.74, 6) is 0.768. The topological polar surface area (TPSA) is 22.1 Å². The lowest BCUT2D eigenvalue weighted by atomic mass is 10.1. The third-order valence-corrected chi connectivity index (χ3v) is 3.43. The van der Waals surface area contributed by atoms with Gasteiger partial charge >= 0.3 is 0 Å². The van der Waals surface area contributed by atoms with Gasteiger partial charge in [0.05, 0.1) is 17.3 Å². The third-order valence-electron chi connectivity index (χ3n) is 3.12. The van der Waals surface area contributed by atoms with Crippen LogP contribution in [0, 0.1) is 0 Å². The van der Waals surface area contributed by atoms with E-state index in [0.29, 0.717) is 11.6 Å². The highest BCUT2D eigenvalue weighted by molar-refractivity contribution is 6.35. The molecule has 2 nitrogen and oxygen atoms in total. The summed E-state index contributed by atoms with van der Waals surface area (Å²) in [4.78, 5) is 4.72. The van der Waals surface area contributed by atoms with Crippen LogP contribution < -0.4 is 4.74 Å². The van der Waals surface area contributed by atoms with E-state index in [9.17, 15) is 0 Å². The summed E-state index contributed by atoms with van der Waals surface area (Å²) in [5.41, 5.74) is 2.71. The van der Waals surface area contributed by atoms with Crippen LogP contribution in [0.4, 0.5) is 0 Å². The highest BCUT2D eigenvalue weighted by Gasteiger charge is 2.10. The number of aromatic nitrogens is 1. The van der Waals surface area contributed by atoms with E-state index in [0.717, 1.165) is 27.9 Å². The van der Waals surface area contributed by atoms with Crippen molar-refractivity contribution in [3.8, 4) is 17.0 Å². The third kappa shape index (κ3) is 2.35. The van der Waals surface area contributed by atoms with Crippen molar-refractivity contribution in [3.05, 3.63) is 59.6 Å². The predicted molar refractivity (Wildman–Crippen MR) is 83.4 cm³/mol. The van der Waals surface area contributed by atoms with E-state index in [-0.39, 0.29) is 0 Å². The Morgan fingerprint density at radius 1 is 1.05 bits per heavy atom. The average molecular weight is 284 g/mol. The molecule has 0 amide bonds. The largest absolute Gasteiger partial charge is 0.492 e. The summed E-state index contributed by atoms with van der Waals surface area (Å²) in [6, 6.07) is 17.7. The van der Waals surface area contributed by atoms with E-state index in [2.05, 4.69) is 0 Å². The summed E-state index contributed by atoms with van der Waals surface area (Å²) >= 11 is 6.39. The van der Waals surface area contributed by atoms with Gasteiger partial charge in [-0.25, -0.2) is 4.98 Å². The molecule has 0 aliphatic rings. The predicted octanol–water partition coefficient (Wildman–Crippen LogP) is 4.95. The molecule has 0 spiro atoms. The number of pyridine rings is 1. The van der Waals surface area contributed by atoms with Crippen molar-refractivity contribution < 1.29 is 4.74 Å². The fraction of sp³-hybridized carbons (Fsp3) is 0.118. The van der Waals surface area contributed by atoms with Crippen LogP contribution in [-0.4, -0.2) is 11.6 Å². The number of hydrogen-bond donors (Lipinski definition) is 0. The molecule has 0 aliphatic heterocycles. The van der Waals surface area contributed by atoms with Crippen molar-refractivity contribution in [1.82, 2.24) is 4.98 Å². The molecule has 0 saturated carbocycles. The Labute approximate surface area is 123 Å². The van der Waals surface area contributed by atoms with Crippen LogP contribution in [0.3, 0.4) is 0 Å². The SMILES string of the molecule is CCOc1cccc2c(Cl)cc(-c3ccccc3)nc12. The molecule has 1 aromatic heterocycles. The quantitative estimate of drug-likeness (QED) is 0.678. The highest BCUT2D eigenvalue weighted by Crippen LogP contribution is 2.32. The molecule has 1 heterocycles. The standard InChI is InChI=1S/C17H14ClNO/c1-2-20-16-10-6-9-13-14(18)11-15(19-17(13)16)12-7-4-3-5-8-12/h3-11H,2H2,1H3. The average Bonchev–Trinajstić information content (AvgIpc) is 2.49. The first-order valence-electron chi connectivity index (χ1n) is 6.57.